The number of hydrogen-bond donors (Lipinski definition) is 1. The highest BCUT2D eigenvalue weighted by Gasteiger charge is 2.17. The predicted molar refractivity (Wildman–Crippen MR) is 115 cm³/mol. The Balaban J connectivity index is 1.83. The average molecular weight is 421 g/mol. The van der Waals surface area contributed by atoms with Gasteiger partial charge in [0.2, 0.25) is 15.9 Å². The van der Waals surface area contributed by atoms with Gasteiger partial charge in [-0.05, 0) is 54.2 Å². The van der Waals surface area contributed by atoms with Gasteiger partial charge in [-0.15, -0.1) is 0 Å². The number of carbonyl (C=O) groups is 1. The number of nitrogens with one attached hydrogen (secondary N) is 1. The second kappa shape index (κ2) is 10.4. The van der Waals surface area contributed by atoms with Crippen molar-refractivity contribution in [1.29, 1.82) is 0 Å². The molecule has 0 fully saturated rings. The van der Waals surface area contributed by atoms with E-state index in [0.717, 1.165) is 11.1 Å². The van der Waals surface area contributed by atoms with E-state index in [-0.39, 0.29) is 24.7 Å². The third-order valence-electron chi connectivity index (χ3n) is 4.66. The van der Waals surface area contributed by atoms with Gasteiger partial charge < -0.3 is 5.32 Å². The van der Waals surface area contributed by atoms with Crippen LogP contribution in [0.25, 0.3) is 0 Å². The molecule has 1 amide bonds. The second-order valence-electron chi connectivity index (χ2n) is 7.41. The first kappa shape index (κ1) is 22.9. The van der Waals surface area contributed by atoms with Gasteiger partial charge in [-0.25, -0.2) is 12.8 Å². The first-order valence-corrected chi connectivity index (χ1v) is 11.6. The maximum absolute atomic E-state index is 12.9. The second-order valence-corrected chi connectivity index (χ2v) is 9.32. The quantitative estimate of drug-likeness (QED) is 0.635. The van der Waals surface area contributed by atoms with Crippen LogP contribution in [0.1, 0.15) is 43.7 Å². The molecule has 2 rings (SSSR count). The van der Waals surface area contributed by atoms with Crippen molar-refractivity contribution in [2.75, 3.05) is 23.7 Å². The van der Waals surface area contributed by atoms with Crippen LogP contribution in [0.15, 0.2) is 48.5 Å². The molecule has 1 N–H and O–H groups in total. The Morgan fingerprint density at radius 1 is 1.07 bits per heavy atom. The summed E-state index contributed by atoms with van der Waals surface area (Å²) in [6.45, 7) is 4.86. The molecular formula is C22H29FN2O3S. The summed E-state index contributed by atoms with van der Waals surface area (Å²) in [4.78, 5) is 12.0. The first-order chi connectivity index (χ1) is 13.7. The summed E-state index contributed by atoms with van der Waals surface area (Å²) in [5.74, 6) is -0.0443. The van der Waals surface area contributed by atoms with Gasteiger partial charge >= 0.3 is 0 Å². The van der Waals surface area contributed by atoms with Crippen molar-refractivity contribution in [3.8, 4) is 0 Å². The molecule has 0 saturated heterocycles. The summed E-state index contributed by atoms with van der Waals surface area (Å²) in [5, 5.41) is 2.82. The molecule has 0 aliphatic carbocycles. The van der Waals surface area contributed by atoms with Crippen molar-refractivity contribution in [2.45, 2.75) is 39.0 Å². The van der Waals surface area contributed by atoms with Crippen molar-refractivity contribution in [3.05, 3.63) is 65.5 Å². The minimum atomic E-state index is -3.43. The van der Waals surface area contributed by atoms with E-state index in [4.69, 9.17) is 0 Å². The molecule has 0 aromatic heterocycles. The highest BCUT2D eigenvalue weighted by atomic mass is 32.2. The molecule has 158 valence electrons. The average Bonchev–Trinajstić information content (AvgIpc) is 2.66. The van der Waals surface area contributed by atoms with Crippen molar-refractivity contribution in [1.82, 2.24) is 5.32 Å². The highest BCUT2D eigenvalue weighted by Crippen LogP contribution is 2.22. The van der Waals surface area contributed by atoms with Crippen LogP contribution in [0.2, 0.25) is 0 Å². The number of carbonyl (C=O) groups excluding carboxylic acids is 1. The molecule has 0 saturated carbocycles. The Morgan fingerprint density at radius 3 is 2.24 bits per heavy atom. The minimum Gasteiger partial charge on any atom is -0.356 e. The molecule has 0 radical (unpaired) electrons. The standard InChI is InChI=1S/C22H29FN2O3S/c1-17(2)19-8-12-21(13-9-19)25(29(3,27)28)16-4-5-22(26)24-15-14-18-6-10-20(23)11-7-18/h6-13,17H,4-5,14-16H2,1-3H3,(H,24,26). The Morgan fingerprint density at radius 2 is 1.69 bits per heavy atom. The summed E-state index contributed by atoms with van der Waals surface area (Å²) >= 11 is 0. The summed E-state index contributed by atoms with van der Waals surface area (Å²) in [7, 11) is -3.43. The molecule has 0 spiro atoms. The lowest BCUT2D eigenvalue weighted by Crippen LogP contribution is -2.32. The molecule has 2 aromatic carbocycles. The molecular weight excluding hydrogens is 391 g/mol. The molecule has 0 atom stereocenters. The van der Waals surface area contributed by atoms with Crippen LogP contribution < -0.4 is 9.62 Å². The third kappa shape index (κ3) is 7.49. The number of nitrogens with zero attached hydrogens (tertiary/aromatic N) is 1. The molecule has 5 nitrogen and oxygen atoms in total. The van der Waals surface area contributed by atoms with Gasteiger partial charge in [-0.1, -0.05) is 38.1 Å². The van der Waals surface area contributed by atoms with Crippen molar-refractivity contribution < 1.29 is 17.6 Å². The molecule has 7 heteroatoms. The van der Waals surface area contributed by atoms with E-state index in [9.17, 15) is 17.6 Å². The Kier molecular flexibility index (Phi) is 8.20. The van der Waals surface area contributed by atoms with Gasteiger partial charge in [0.15, 0.2) is 0 Å². The number of halogens is 1. The SMILES string of the molecule is CC(C)c1ccc(N(CCCC(=O)NCCc2ccc(F)cc2)S(C)(=O)=O)cc1. The molecule has 0 aliphatic heterocycles. The predicted octanol–water partition coefficient (Wildman–Crippen LogP) is 3.85. The van der Waals surface area contributed by atoms with Crippen LogP contribution in [0, 0.1) is 5.82 Å². The molecule has 0 heterocycles. The topological polar surface area (TPSA) is 66.5 Å². The number of anilines is 1. The van der Waals surface area contributed by atoms with Crippen molar-refractivity contribution >= 4 is 21.6 Å². The minimum absolute atomic E-state index is 0.129. The van der Waals surface area contributed by atoms with E-state index in [2.05, 4.69) is 19.2 Å². The maximum atomic E-state index is 12.9. The number of sulfonamides is 1. The van der Waals surface area contributed by atoms with Crippen LogP contribution in [-0.2, 0) is 21.2 Å². The molecule has 2 aromatic rings. The van der Waals surface area contributed by atoms with E-state index in [1.807, 2.05) is 12.1 Å². The molecule has 0 aliphatic rings. The molecule has 29 heavy (non-hydrogen) atoms. The lowest BCUT2D eigenvalue weighted by atomic mass is 10.0. The zero-order valence-electron chi connectivity index (χ0n) is 17.2. The third-order valence-corrected chi connectivity index (χ3v) is 5.86. The van der Waals surface area contributed by atoms with Crippen LogP contribution in [0.4, 0.5) is 10.1 Å². The first-order valence-electron chi connectivity index (χ1n) is 9.75. The van der Waals surface area contributed by atoms with Gasteiger partial charge in [0.05, 0.1) is 11.9 Å². The lowest BCUT2D eigenvalue weighted by Gasteiger charge is -2.23. The van der Waals surface area contributed by atoms with Crippen molar-refractivity contribution in [3.63, 3.8) is 0 Å². The maximum Gasteiger partial charge on any atom is 0.232 e. The fourth-order valence-electron chi connectivity index (χ4n) is 2.98. The van der Waals surface area contributed by atoms with Crippen LogP contribution >= 0.6 is 0 Å². The summed E-state index contributed by atoms with van der Waals surface area (Å²) < 4.78 is 38.6. The van der Waals surface area contributed by atoms with Crippen LogP contribution in [0.3, 0.4) is 0 Å². The largest absolute Gasteiger partial charge is 0.356 e. The number of rotatable bonds is 10. The normalized spacial score (nSPS) is 11.5. The van der Waals surface area contributed by atoms with E-state index < -0.39 is 10.0 Å². The Bertz CT molecular complexity index is 895. The van der Waals surface area contributed by atoms with E-state index in [0.29, 0.717) is 31.0 Å². The fourth-order valence-corrected chi connectivity index (χ4v) is 3.95. The number of amides is 1. The smallest absolute Gasteiger partial charge is 0.232 e. The highest BCUT2D eigenvalue weighted by molar-refractivity contribution is 7.92. The van der Waals surface area contributed by atoms with Gasteiger partial charge in [0.1, 0.15) is 5.82 Å². The Labute approximate surface area is 173 Å². The molecule has 0 bridgehead atoms. The lowest BCUT2D eigenvalue weighted by molar-refractivity contribution is -0.121. The van der Waals surface area contributed by atoms with Crippen LogP contribution in [-0.4, -0.2) is 33.7 Å². The van der Waals surface area contributed by atoms with Gasteiger partial charge in [0, 0.05) is 19.5 Å². The van der Waals surface area contributed by atoms with E-state index in [1.165, 1.54) is 22.7 Å². The van der Waals surface area contributed by atoms with Crippen LogP contribution in [0.5, 0.6) is 0 Å². The summed E-state index contributed by atoms with van der Waals surface area (Å²) in [6.07, 6.45) is 2.44. The van der Waals surface area contributed by atoms with E-state index >= 15 is 0 Å². The zero-order valence-corrected chi connectivity index (χ0v) is 18.0. The van der Waals surface area contributed by atoms with Gasteiger partial charge in [-0.3, -0.25) is 9.10 Å². The number of hydrogen-bond acceptors (Lipinski definition) is 3. The van der Waals surface area contributed by atoms with Crippen molar-refractivity contribution in [2.24, 2.45) is 0 Å². The monoisotopic (exact) mass is 420 g/mol. The van der Waals surface area contributed by atoms with Gasteiger partial charge in [-0.2, -0.15) is 0 Å². The number of benzene rings is 2. The Hall–Kier alpha value is -2.41. The summed E-state index contributed by atoms with van der Waals surface area (Å²) in [6, 6.07) is 13.6. The summed E-state index contributed by atoms with van der Waals surface area (Å²) in [5.41, 5.74) is 2.69. The molecule has 0 unspecified atom stereocenters. The van der Waals surface area contributed by atoms with Gasteiger partial charge in [0.25, 0.3) is 0 Å². The fraction of sp³-hybridized carbons (Fsp3) is 0.409. The zero-order chi connectivity index (χ0) is 21.4. The van der Waals surface area contributed by atoms with E-state index in [1.54, 1.807) is 24.3 Å².